The van der Waals surface area contributed by atoms with Crippen LogP contribution >= 0.6 is 0 Å². The largest absolute Gasteiger partial charge is 0.380 e. The lowest BCUT2D eigenvalue weighted by Gasteiger charge is -2.38. The minimum atomic E-state index is 0.330. The van der Waals surface area contributed by atoms with Crippen LogP contribution < -0.4 is 5.32 Å². The number of benzene rings is 1. The minimum absolute atomic E-state index is 0.330. The normalized spacial score (nSPS) is 17.1. The number of aromatic nitrogens is 2. The van der Waals surface area contributed by atoms with Crippen LogP contribution in [0.25, 0.3) is 5.69 Å². The second kappa shape index (κ2) is 5.15. The molecule has 0 unspecified atom stereocenters. The Morgan fingerprint density at radius 2 is 2.11 bits per heavy atom. The molecule has 1 aromatic heterocycles. The van der Waals surface area contributed by atoms with Gasteiger partial charge in [-0.3, -0.25) is 0 Å². The lowest BCUT2D eigenvalue weighted by Crippen LogP contribution is -2.47. The molecule has 1 fully saturated rings. The Morgan fingerprint density at radius 3 is 2.68 bits per heavy atom. The van der Waals surface area contributed by atoms with E-state index in [1.807, 2.05) is 17.1 Å². The average molecular weight is 257 g/mol. The molecule has 4 nitrogen and oxygen atoms in total. The van der Waals surface area contributed by atoms with Crippen LogP contribution in [0.5, 0.6) is 0 Å². The zero-order valence-corrected chi connectivity index (χ0v) is 11.2. The first-order valence-electron chi connectivity index (χ1n) is 6.61. The lowest BCUT2D eigenvalue weighted by atomic mass is 9.89. The number of nitrogens with one attached hydrogen (secondary N) is 1. The summed E-state index contributed by atoms with van der Waals surface area (Å²) in [6.07, 6.45) is 5.55. The summed E-state index contributed by atoms with van der Waals surface area (Å²) in [5.41, 5.74) is 2.77. The van der Waals surface area contributed by atoms with Crippen molar-refractivity contribution in [3.8, 4) is 5.69 Å². The van der Waals surface area contributed by atoms with E-state index in [1.165, 1.54) is 5.56 Å². The van der Waals surface area contributed by atoms with E-state index in [1.54, 1.807) is 6.20 Å². The molecule has 4 heteroatoms. The predicted molar refractivity (Wildman–Crippen MR) is 74.2 cm³/mol. The van der Waals surface area contributed by atoms with Crippen molar-refractivity contribution in [1.82, 2.24) is 14.9 Å². The first-order valence-corrected chi connectivity index (χ1v) is 6.61. The van der Waals surface area contributed by atoms with Gasteiger partial charge in [0.15, 0.2) is 0 Å². The fraction of sp³-hybridized carbons (Fsp3) is 0.400. The van der Waals surface area contributed by atoms with Crippen molar-refractivity contribution in [2.45, 2.75) is 13.5 Å². The maximum Gasteiger partial charge on any atom is 0.0991 e. The fourth-order valence-electron chi connectivity index (χ4n) is 2.26. The summed E-state index contributed by atoms with van der Waals surface area (Å²) in [5, 5.41) is 3.50. The van der Waals surface area contributed by atoms with Crippen LogP contribution in [-0.4, -0.2) is 29.3 Å². The van der Waals surface area contributed by atoms with Crippen molar-refractivity contribution < 1.29 is 4.74 Å². The summed E-state index contributed by atoms with van der Waals surface area (Å²) in [6, 6.07) is 8.55. The maximum atomic E-state index is 5.25. The highest BCUT2D eigenvalue weighted by Gasteiger charge is 2.32. The van der Waals surface area contributed by atoms with E-state index in [9.17, 15) is 0 Å². The number of rotatable bonds is 5. The third-order valence-corrected chi connectivity index (χ3v) is 3.52. The van der Waals surface area contributed by atoms with Crippen LogP contribution in [0, 0.1) is 5.41 Å². The van der Waals surface area contributed by atoms with Crippen LogP contribution in [0.15, 0.2) is 43.0 Å². The van der Waals surface area contributed by atoms with E-state index in [0.29, 0.717) is 5.41 Å². The Balaban J connectivity index is 1.54. The minimum Gasteiger partial charge on any atom is -0.380 e. The molecule has 1 aliphatic heterocycles. The molecule has 0 saturated carbocycles. The molecule has 3 rings (SSSR count). The second-order valence-corrected chi connectivity index (χ2v) is 5.54. The molecule has 100 valence electrons. The second-order valence-electron chi connectivity index (χ2n) is 5.54. The number of ether oxygens (including phenoxy) is 1. The zero-order valence-electron chi connectivity index (χ0n) is 11.2. The maximum absolute atomic E-state index is 5.25. The average Bonchev–Trinajstić information content (AvgIpc) is 2.91. The van der Waals surface area contributed by atoms with E-state index in [-0.39, 0.29) is 0 Å². The highest BCUT2D eigenvalue weighted by molar-refractivity contribution is 5.34. The zero-order chi connectivity index (χ0) is 13.1. The van der Waals surface area contributed by atoms with E-state index >= 15 is 0 Å². The van der Waals surface area contributed by atoms with E-state index in [4.69, 9.17) is 4.74 Å². The Kier molecular flexibility index (Phi) is 3.36. The van der Waals surface area contributed by atoms with Gasteiger partial charge < -0.3 is 14.6 Å². The molecule has 1 aromatic carbocycles. The number of hydrogen-bond donors (Lipinski definition) is 1. The summed E-state index contributed by atoms with van der Waals surface area (Å²) in [4.78, 5) is 4.05. The predicted octanol–water partition coefficient (Wildman–Crippen LogP) is 2.00. The molecule has 0 spiro atoms. The Morgan fingerprint density at radius 1 is 1.32 bits per heavy atom. The molecular formula is C15H19N3O. The van der Waals surface area contributed by atoms with Crippen LogP contribution in [0.3, 0.4) is 0 Å². The summed E-state index contributed by atoms with van der Waals surface area (Å²) < 4.78 is 7.25. The molecule has 0 bridgehead atoms. The summed E-state index contributed by atoms with van der Waals surface area (Å²) in [7, 11) is 0. The van der Waals surface area contributed by atoms with Gasteiger partial charge in [-0.2, -0.15) is 0 Å². The lowest BCUT2D eigenvalue weighted by molar-refractivity contribution is -0.0991. The van der Waals surface area contributed by atoms with Crippen molar-refractivity contribution in [1.29, 1.82) is 0 Å². The molecule has 1 saturated heterocycles. The van der Waals surface area contributed by atoms with Crippen LogP contribution in [0.4, 0.5) is 0 Å². The molecule has 0 aliphatic carbocycles. The van der Waals surface area contributed by atoms with Crippen molar-refractivity contribution in [3.05, 3.63) is 48.5 Å². The van der Waals surface area contributed by atoms with Gasteiger partial charge in [-0.05, 0) is 17.7 Å². The molecule has 1 N–H and O–H groups in total. The van der Waals surface area contributed by atoms with E-state index in [2.05, 4.69) is 41.5 Å². The highest BCUT2D eigenvalue weighted by atomic mass is 16.5. The summed E-state index contributed by atoms with van der Waals surface area (Å²) in [6.45, 7) is 5.92. The topological polar surface area (TPSA) is 39.1 Å². The summed E-state index contributed by atoms with van der Waals surface area (Å²) in [5.74, 6) is 0. The van der Waals surface area contributed by atoms with Crippen molar-refractivity contribution >= 4 is 0 Å². The van der Waals surface area contributed by atoms with Gasteiger partial charge in [0.1, 0.15) is 0 Å². The van der Waals surface area contributed by atoms with Gasteiger partial charge in [-0.25, -0.2) is 4.98 Å². The third-order valence-electron chi connectivity index (χ3n) is 3.52. The number of nitrogens with zero attached hydrogens (tertiary/aromatic N) is 2. The standard InChI is InChI=1S/C15H19N3O/c1-15(10-19-11-15)9-17-8-13-2-4-14(5-3-13)18-7-6-16-12-18/h2-7,12,17H,8-11H2,1H3. The van der Waals surface area contributed by atoms with Gasteiger partial charge >= 0.3 is 0 Å². The van der Waals surface area contributed by atoms with Gasteiger partial charge in [-0.15, -0.1) is 0 Å². The molecule has 0 amide bonds. The molecule has 2 heterocycles. The molecular weight excluding hydrogens is 238 g/mol. The summed E-state index contributed by atoms with van der Waals surface area (Å²) >= 11 is 0. The van der Waals surface area contributed by atoms with Gasteiger partial charge in [0.2, 0.25) is 0 Å². The van der Waals surface area contributed by atoms with Gasteiger partial charge in [0, 0.05) is 36.6 Å². The van der Waals surface area contributed by atoms with Crippen LogP contribution in [0.1, 0.15) is 12.5 Å². The van der Waals surface area contributed by atoms with E-state index in [0.717, 1.165) is 32.0 Å². The molecule has 0 atom stereocenters. The Bertz CT molecular complexity index is 515. The number of imidazole rings is 1. The SMILES string of the molecule is CC1(CNCc2ccc(-n3ccnc3)cc2)COC1. The van der Waals surface area contributed by atoms with Crippen molar-refractivity contribution in [2.75, 3.05) is 19.8 Å². The van der Waals surface area contributed by atoms with E-state index < -0.39 is 0 Å². The quantitative estimate of drug-likeness (QED) is 0.890. The highest BCUT2D eigenvalue weighted by Crippen LogP contribution is 2.25. The molecule has 0 radical (unpaired) electrons. The molecule has 2 aromatic rings. The van der Waals surface area contributed by atoms with Gasteiger partial charge in [0.05, 0.1) is 19.5 Å². The number of hydrogen-bond acceptors (Lipinski definition) is 3. The third kappa shape index (κ3) is 2.85. The van der Waals surface area contributed by atoms with Crippen LogP contribution in [0.2, 0.25) is 0 Å². The monoisotopic (exact) mass is 257 g/mol. The van der Waals surface area contributed by atoms with Gasteiger partial charge in [0.25, 0.3) is 0 Å². The van der Waals surface area contributed by atoms with Gasteiger partial charge in [-0.1, -0.05) is 19.1 Å². The Hall–Kier alpha value is -1.65. The Labute approximate surface area is 113 Å². The molecule has 1 aliphatic rings. The smallest absolute Gasteiger partial charge is 0.0991 e. The first kappa shape index (κ1) is 12.4. The van der Waals surface area contributed by atoms with Crippen LogP contribution in [-0.2, 0) is 11.3 Å². The molecule has 19 heavy (non-hydrogen) atoms. The first-order chi connectivity index (χ1) is 9.25. The fourth-order valence-corrected chi connectivity index (χ4v) is 2.26. The van der Waals surface area contributed by atoms with Crippen molar-refractivity contribution in [2.24, 2.45) is 5.41 Å². The van der Waals surface area contributed by atoms with Crippen molar-refractivity contribution in [3.63, 3.8) is 0 Å².